The quantitative estimate of drug-likeness (QED) is 0.705. The maximum atomic E-state index is 11.7. The van der Waals surface area contributed by atoms with Crippen molar-refractivity contribution in [2.45, 2.75) is 31.3 Å². The molecule has 70 valence electrons. The molecular formula is C10H12O3. The van der Waals surface area contributed by atoms with Crippen LogP contribution in [0, 0.1) is 0 Å². The van der Waals surface area contributed by atoms with Gasteiger partial charge in [0.2, 0.25) is 5.78 Å². The van der Waals surface area contributed by atoms with E-state index in [1.54, 1.807) is 12.1 Å². The zero-order valence-corrected chi connectivity index (χ0v) is 7.32. The van der Waals surface area contributed by atoms with Crippen molar-refractivity contribution < 1.29 is 14.3 Å². The van der Waals surface area contributed by atoms with Crippen LogP contribution in [0.1, 0.15) is 36.2 Å². The largest absolute Gasteiger partial charge is 0.461 e. The number of hydrogen-bond donors (Lipinski definition) is 1. The van der Waals surface area contributed by atoms with E-state index in [2.05, 4.69) is 0 Å². The Balaban J connectivity index is 2.21. The van der Waals surface area contributed by atoms with Crippen molar-refractivity contribution >= 4 is 5.78 Å². The van der Waals surface area contributed by atoms with E-state index in [9.17, 15) is 9.90 Å². The molecule has 1 N–H and O–H groups in total. The standard InChI is InChI=1S/C10H12O3/c11-9(8-4-3-7-13-8)10(12)5-1-2-6-10/h3-4,7,12H,1-2,5-6H2. The Kier molecular flexibility index (Phi) is 1.96. The summed E-state index contributed by atoms with van der Waals surface area (Å²) < 4.78 is 4.96. The van der Waals surface area contributed by atoms with Crippen molar-refractivity contribution in [1.82, 2.24) is 0 Å². The summed E-state index contributed by atoms with van der Waals surface area (Å²) in [6.07, 6.45) is 4.41. The van der Waals surface area contributed by atoms with Gasteiger partial charge in [-0.15, -0.1) is 0 Å². The van der Waals surface area contributed by atoms with Crippen molar-refractivity contribution in [2.75, 3.05) is 0 Å². The maximum absolute atomic E-state index is 11.7. The Morgan fingerprint density at radius 2 is 2.15 bits per heavy atom. The molecule has 1 aliphatic carbocycles. The van der Waals surface area contributed by atoms with Crippen molar-refractivity contribution in [3.8, 4) is 0 Å². The summed E-state index contributed by atoms with van der Waals surface area (Å²) in [4.78, 5) is 11.7. The fourth-order valence-corrected chi connectivity index (χ4v) is 1.82. The van der Waals surface area contributed by atoms with Crippen LogP contribution < -0.4 is 0 Å². The van der Waals surface area contributed by atoms with Crippen LogP contribution in [0.2, 0.25) is 0 Å². The molecule has 0 radical (unpaired) electrons. The molecular weight excluding hydrogens is 168 g/mol. The summed E-state index contributed by atoms with van der Waals surface area (Å²) in [5.74, 6) is -0.000556. The van der Waals surface area contributed by atoms with Gasteiger partial charge in [0.25, 0.3) is 0 Å². The van der Waals surface area contributed by atoms with E-state index in [0.29, 0.717) is 12.8 Å². The molecule has 0 atom stereocenters. The first-order valence-corrected chi connectivity index (χ1v) is 4.53. The van der Waals surface area contributed by atoms with E-state index >= 15 is 0 Å². The zero-order chi connectivity index (χ0) is 9.31. The minimum Gasteiger partial charge on any atom is -0.461 e. The molecule has 3 heteroatoms. The van der Waals surface area contributed by atoms with Crippen LogP contribution in [0.3, 0.4) is 0 Å². The lowest BCUT2D eigenvalue weighted by Crippen LogP contribution is -2.34. The number of aliphatic hydroxyl groups is 1. The summed E-state index contributed by atoms with van der Waals surface area (Å²) in [7, 11) is 0. The lowest BCUT2D eigenvalue weighted by atomic mass is 9.95. The van der Waals surface area contributed by atoms with Crippen molar-refractivity contribution in [3.05, 3.63) is 24.2 Å². The minimum absolute atomic E-state index is 0.268. The third kappa shape index (κ3) is 1.40. The van der Waals surface area contributed by atoms with Gasteiger partial charge in [-0.05, 0) is 37.8 Å². The first-order valence-electron chi connectivity index (χ1n) is 4.53. The molecule has 0 aromatic carbocycles. The normalized spacial score (nSPS) is 20.4. The van der Waals surface area contributed by atoms with E-state index in [1.807, 2.05) is 0 Å². The van der Waals surface area contributed by atoms with Gasteiger partial charge in [-0.1, -0.05) is 0 Å². The molecule has 1 fully saturated rings. The Labute approximate surface area is 76.4 Å². The van der Waals surface area contributed by atoms with Crippen LogP contribution in [0.25, 0.3) is 0 Å². The highest BCUT2D eigenvalue weighted by atomic mass is 16.3. The summed E-state index contributed by atoms with van der Waals surface area (Å²) >= 11 is 0. The van der Waals surface area contributed by atoms with Gasteiger partial charge >= 0.3 is 0 Å². The monoisotopic (exact) mass is 180 g/mol. The number of hydrogen-bond acceptors (Lipinski definition) is 3. The predicted molar refractivity (Wildman–Crippen MR) is 46.5 cm³/mol. The second kappa shape index (κ2) is 3.00. The first kappa shape index (κ1) is 8.51. The smallest absolute Gasteiger partial charge is 0.229 e. The average molecular weight is 180 g/mol. The molecule has 0 spiro atoms. The molecule has 0 saturated heterocycles. The van der Waals surface area contributed by atoms with E-state index in [-0.39, 0.29) is 11.5 Å². The molecule has 1 aromatic heterocycles. The van der Waals surface area contributed by atoms with Gasteiger partial charge in [0.1, 0.15) is 5.60 Å². The Morgan fingerprint density at radius 1 is 1.46 bits per heavy atom. The van der Waals surface area contributed by atoms with Gasteiger partial charge < -0.3 is 9.52 Å². The van der Waals surface area contributed by atoms with Gasteiger partial charge in [0.05, 0.1) is 6.26 Å². The Morgan fingerprint density at radius 3 is 2.69 bits per heavy atom. The van der Waals surface area contributed by atoms with Gasteiger partial charge in [-0.2, -0.15) is 0 Å². The lowest BCUT2D eigenvalue weighted by molar-refractivity contribution is 0.0326. The van der Waals surface area contributed by atoms with Crippen molar-refractivity contribution in [1.29, 1.82) is 0 Å². The fourth-order valence-electron chi connectivity index (χ4n) is 1.82. The number of Topliss-reactive ketones (excluding diaryl/α,β-unsaturated/α-hetero) is 1. The van der Waals surface area contributed by atoms with E-state index < -0.39 is 5.60 Å². The van der Waals surface area contributed by atoms with Crippen LogP contribution in [0.5, 0.6) is 0 Å². The predicted octanol–water partition coefficient (Wildman–Crippen LogP) is 1.77. The molecule has 1 saturated carbocycles. The van der Waals surface area contributed by atoms with Crippen LogP contribution in [-0.4, -0.2) is 16.5 Å². The maximum Gasteiger partial charge on any atom is 0.229 e. The molecule has 0 unspecified atom stereocenters. The summed E-state index contributed by atoms with van der Waals surface area (Å²) in [5, 5.41) is 9.92. The van der Waals surface area contributed by atoms with Crippen LogP contribution in [-0.2, 0) is 0 Å². The molecule has 0 aliphatic heterocycles. The van der Waals surface area contributed by atoms with Crippen LogP contribution >= 0.6 is 0 Å². The second-order valence-corrected chi connectivity index (χ2v) is 3.55. The topological polar surface area (TPSA) is 50.4 Å². The van der Waals surface area contributed by atoms with Crippen molar-refractivity contribution in [3.63, 3.8) is 0 Å². The minimum atomic E-state index is -1.15. The van der Waals surface area contributed by atoms with E-state index in [1.165, 1.54) is 6.26 Å². The highest BCUT2D eigenvalue weighted by molar-refractivity contribution is 6.00. The number of carbonyl (C=O) groups is 1. The van der Waals surface area contributed by atoms with Gasteiger partial charge in [0, 0.05) is 0 Å². The summed E-state index contributed by atoms with van der Waals surface area (Å²) in [6, 6.07) is 3.25. The number of ketones is 1. The van der Waals surface area contributed by atoms with Gasteiger partial charge in [-0.3, -0.25) is 4.79 Å². The second-order valence-electron chi connectivity index (χ2n) is 3.55. The zero-order valence-electron chi connectivity index (χ0n) is 7.32. The molecule has 2 rings (SSSR count). The molecule has 1 aromatic rings. The van der Waals surface area contributed by atoms with Crippen molar-refractivity contribution in [2.24, 2.45) is 0 Å². The van der Waals surface area contributed by atoms with Crippen LogP contribution in [0.4, 0.5) is 0 Å². The average Bonchev–Trinajstić information content (AvgIpc) is 2.73. The van der Waals surface area contributed by atoms with Gasteiger partial charge in [-0.25, -0.2) is 0 Å². The summed E-state index contributed by atoms with van der Waals surface area (Å²) in [6.45, 7) is 0. The van der Waals surface area contributed by atoms with E-state index in [4.69, 9.17) is 4.42 Å². The number of carbonyl (C=O) groups excluding carboxylic acids is 1. The third-order valence-corrected chi connectivity index (χ3v) is 2.60. The fraction of sp³-hybridized carbons (Fsp3) is 0.500. The van der Waals surface area contributed by atoms with Crippen LogP contribution in [0.15, 0.2) is 22.8 Å². The number of rotatable bonds is 2. The molecule has 3 nitrogen and oxygen atoms in total. The Bertz CT molecular complexity index is 294. The molecule has 1 heterocycles. The van der Waals surface area contributed by atoms with E-state index in [0.717, 1.165) is 12.8 Å². The third-order valence-electron chi connectivity index (χ3n) is 2.60. The van der Waals surface area contributed by atoms with Gasteiger partial charge in [0.15, 0.2) is 5.76 Å². The molecule has 13 heavy (non-hydrogen) atoms. The first-order chi connectivity index (χ1) is 6.22. The highest BCUT2D eigenvalue weighted by Crippen LogP contribution is 2.32. The molecule has 1 aliphatic rings. The summed E-state index contributed by atoms with van der Waals surface area (Å²) in [5.41, 5.74) is -1.15. The Hall–Kier alpha value is -1.09. The molecule has 0 amide bonds. The SMILES string of the molecule is O=C(c1ccco1)C1(O)CCCC1. The molecule has 0 bridgehead atoms. The highest BCUT2D eigenvalue weighted by Gasteiger charge is 2.40. The lowest BCUT2D eigenvalue weighted by Gasteiger charge is -2.18. The number of furan rings is 1.